The van der Waals surface area contributed by atoms with Gasteiger partial charge in [0.1, 0.15) is 0 Å². The molecule has 0 bridgehead atoms. The number of ether oxygens (including phenoxy) is 2. The Morgan fingerprint density at radius 1 is 1.06 bits per heavy atom. The van der Waals surface area contributed by atoms with Gasteiger partial charge in [0.25, 0.3) is 0 Å². The molecule has 0 aromatic heterocycles. The molecule has 0 spiro atoms. The molecule has 2 aliphatic rings. The van der Waals surface area contributed by atoms with Crippen LogP contribution in [0.4, 0.5) is 0 Å². The molecule has 0 saturated carbocycles. The summed E-state index contributed by atoms with van der Waals surface area (Å²) in [6.07, 6.45) is 6.83. The van der Waals surface area contributed by atoms with Gasteiger partial charge in [0.2, 0.25) is 0 Å². The summed E-state index contributed by atoms with van der Waals surface area (Å²) in [6.45, 7) is 7.44. The van der Waals surface area contributed by atoms with Crippen LogP contribution in [-0.4, -0.2) is 38.0 Å². The van der Waals surface area contributed by atoms with Crippen LogP contribution in [0.5, 0.6) is 0 Å². The summed E-state index contributed by atoms with van der Waals surface area (Å²) in [7, 11) is 0. The summed E-state index contributed by atoms with van der Waals surface area (Å²) in [6, 6.07) is 0.659. The van der Waals surface area contributed by atoms with Gasteiger partial charge in [-0.15, -0.1) is 0 Å². The van der Waals surface area contributed by atoms with Crippen LogP contribution in [0.25, 0.3) is 0 Å². The van der Waals surface area contributed by atoms with Crippen LogP contribution in [-0.2, 0) is 9.47 Å². The van der Waals surface area contributed by atoms with Crippen molar-refractivity contribution in [1.82, 2.24) is 5.32 Å². The van der Waals surface area contributed by atoms with E-state index >= 15 is 0 Å². The third kappa shape index (κ3) is 3.67. The zero-order valence-corrected chi connectivity index (χ0v) is 11.3. The molecule has 2 heterocycles. The van der Waals surface area contributed by atoms with Gasteiger partial charge in [0.15, 0.2) is 0 Å². The van der Waals surface area contributed by atoms with Crippen molar-refractivity contribution in [2.24, 2.45) is 5.92 Å². The van der Waals surface area contributed by atoms with Crippen LogP contribution >= 0.6 is 0 Å². The average molecular weight is 241 g/mol. The highest BCUT2D eigenvalue weighted by atomic mass is 16.5. The maximum atomic E-state index is 5.73. The molecule has 100 valence electrons. The van der Waals surface area contributed by atoms with Crippen LogP contribution in [0.1, 0.15) is 46.0 Å². The van der Waals surface area contributed by atoms with Gasteiger partial charge in [-0.2, -0.15) is 0 Å². The summed E-state index contributed by atoms with van der Waals surface area (Å²) in [5.74, 6) is 0.725. The Morgan fingerprint density at radius 2 is 1.88 bits per heavy atom. The molecule has 0 radical (unpaired) electrons. The number of hydrogen-bond acceptors (Lipinski definition) is 3. The number of nitrogens with one attached hydrogen (secondary N) is 1. The molecule has 3 heteroatoms. The highest BCUT2D eigenvalue weighted by molar-refractivity contribution is 4.81. The first kappa shape index (κ1) is 13.3. The van der Waals surface area contributed by atoms with E-state index in [2.05, 4.69) is 19.2 Å². The van der Waals surface area contributed by atoms with Crippen molar-refractivity contribution in [3.05, 3.63) is 0 Å². The molecular weight excluding hydrogens is 214 g/mol. The van der Waals surface area contributed by atoms with E-state index in [-0.39, 0.29) is 0 Å². The zero-order valence-electron chi connectivity index (χ0n) is 11.3. The van der Waals surface area contributed by atoms with E-state index in [0.29, 0.717) is 18.2 Å². The second-order valence-electron chi connectivity index (χ2n) is 5.40. The minimum absolute atomic E-state index is 0.475. The van der Waals surface area contributed by atoms with E-state index in [1.54, 1.807) is 0 Å². The Bertz CT molecular complexity index is 222. The molecular formula is C14H27NO2. The molecule has 3 nitrogen and oxygen atoms in total. The van der Waals surface area contributed by atoms with Crippen LogP contribution in [0.3, 0.4) is 0 Å². The highest BCUT2D eigenvalue weighted by Gasteiger charge is 2.28. The molecule has 2 rings (SSSR count). The molecule has 2 aliphatic heterocycles. The molecule has 2 saturated heterocycles. The first-order valence-electron chi connectivity index (χ1n) is 7.30. The topological polar surface area (TPSA) is 30.5 Å². The van der Waals surface area contributed by atoms with E-state index in [1.165, 1.54) is 19.3 Å². The van der Waals surface area contributed by atoms with E-state index in [0.717, 1.165) is 38.5 Å². The Balaban J connectivity index is 1.70. The van der Waals surface area contributed by atoms with Crippen molar-refractivity contribution in [1.29, 1.82) is 0 Å². The normalized spacial score (nSPS) is 38.5. The monoisotopic (exact) mass is 241 g/mol. The Hall–Kier alpha value is -0.120. The molecule has 17 heavy (non-hydrogen) atoms. The van der Waals surface area contributed by atoms with E-state index < -0.39 is 0 Å². The lowest BCUT2D eigenvalue weighted by Crippen LogP contribution is -2.41. The van der Waals surface area contributed by atoms with Crippen LogP contribution in [0.2, 0.25) is 0 Å². The van der Waals surface area contributed by atoms with Gasteiger partial charge < -0.3 is 14.8 Å². The maximum absolute atomic E-state index is 5.73. The van der Waals surface area contributed by atoms with Gasteiger partial charge in [-0.1, -0.05) is 13.8 Å². The van der Waals surface area contributed by atoms with Gasteiger partial charge in [-0.25, -0.2) is 0 Å². The van der Waals surface area contributed by atoms with E-state index in [9.17, 15) is 0 Å². The average Bonchev–Trinajstić information content (AvgIpc) is 2.84. The summed E-state index contributed by atoms with van der Waals surface area (Å²) < 4.78 is 11.4. The van der Waals surface area contributed by atoms with Crippen molar-refractivity contribution >= 4 is 0 Å². The lowest BCUT2D eigenvalue weighted by atomic mass is 9.97. The largest absolute Gasteiger partial charge is 0.378 e. The molecule has 0 aromatic carbocycles. The quantitative estimate of drug-likeness (QED) is 0.801. The lowest BCUT2D eigenvalue weighted by molar-refractivity contribution is -0.00137. The summed E-state index contributed by atoms with van der Waals surface area (Å²) >= 11 is 0. The second kappa shape index (κ2) is 6.72. The molecule has 0 aliphatic carbocycles. The van der Waals surface area contributed by atoms with Gasteiger partial charge in [-0.05, 0) is 38.0 Å². The fraction of sp³-hybridized carbons (Fsp3) is 1.00. The Morgan fingerprint density at radius 3 is 2.65 bits per heavy atom. The Labute approximate surface area is 105 Å². The summed E-state index contributed by atoms with van der Waals surface area (Å²) in [5.41, 5.74) is 0. The first-order chi connectivity index (χ1) is 8.33. The fourth-order valence-corrected chi connectivity index (χ4v) is 3.05. The molecule has 0 amide bonds. The predicted octanol–water partition coefficient (Wildman–Crippen LogP) is 2.35. The second-order valence-corrected chi connectivity index (χ2v) is 5.40. The first-order valence-corrected chi connectivity index (χ1v) is 7.30. The molecule has 1 N–H and O–H groups in total. The van der Waals surface area contributed by atoms with E-state index in [4.69, 9.17) is 9.47 Å². The van der Waals surface area contributed by atoms with Crippen molar-refractivity contribution < 1.29 is 9.47 Å². The Kier molecular flexibility index (Phi) is 5.26. The van der Waals surface area contributed by atoms with Gasteiger partial charge in [0, 0.05) is 25.8 Å². The highest BCUT2D eigenvalue weighted by Crippen LogP contribution is 2.23. The molecule has 4 unspecified atom stereocenters. The van der Waals surface area contributed by atoms with Crippen molar-refractivity contribution in [3.63, 3.8) is 0 Å². The predicted molar refractivity (Wildman–Crippen MR) is 69.2 cm³/mol. The SMILES string of the molecule is CCC1CC(NCC2CCOC2CC)CCO1. The number of hydrogen-bond donors (Lipinski definition) is 1. The van der Waals surface area contributed by atoms with Crippen LogP contribution < -0.4 is 5.32 Å². The minimum Gasteiger partial charge on any atom is -0.378 e. The van der Waals surface area contributed by atoms with Gasteiger partial charge in [0.05, 0.1) is 12.2 Å². The minimum atomic E-state index is 0.475. The molecule has 2 fully saturated rings. The smallest absolute Gasteiger partial charge is 0.0613 e. The van der Waals surface area contributed by atoms with Crippen LogP contribution in [0, 0.1) is 5.92 Å². The standard InChI is InChI=1S/C14H27NO2/c1-3-13-9-12(6-8-16-13)15-10-11-5-7-17-14(11)4-2/h11-15H,3-10H2,1-2H3. The van der Waals surface area contributed by atoms with Crippen molar-refractivity contribution in [2.75, 3.05) is 19.8 Å². The van der Waals surface area contributed by atoms with Crippen molar-refractivity contribution in [3.8, 4) is 0 Å². The fourth-order valence-electron chi connectivity index (χ4n) is 3.05. The van der Waals surface area contributed by atoms with Crippen LogP contribution in [0.15, 0.2) is 0 Å². The number of rotatable bonds is 5. The molecule has 4 atom stereocenters. The summed E-state index contributed by atoms with van der Waals surface area (Å²) in [5, 5.41) is 3.73. The lowest BCUT2D eigenvalue weighted by Gasteiger charge is -2.31. The van der Waals surface area contributed by atoms with Gasteiger partial charge in [-0.3, -0.25) is 0 Å². The zero-order chi connectivity index (χ0) is 12.1. The maximum Gasteiger partial charge on any atom is 0.0613 e. The third-order valence-electron chi connectivity index (χ3n) is 4.24. The van der Waals surface area contributed by atoms with E-state index in [1.807, 2.05) is 0 Å². The third-order valence-corrected chi connectivity index (χ3v) is 4.24. The van der Waals surface area contributed by atoms with Gasteiger partial charge >= 0.3 is 0 Å². The van der Waals surface area contributed by atoms with Crippen molar-refractivity contribution in [2.45, 2.75) is 64.2 Å². The summed E-state index contributed by atoms with van der Waals surface area (Å²) in [4.78, 5) is 0. The molecule has 0 aromatic rings.